The highest BCUT2D eigenvalue weighted by Crippen LogP contribution is 2.57. The summed E-state index contributed by atoms with van der Waals surface area (Å²) in [6.45, 7) is 9.44. The number of imidazole rings is 1. The topological polar surface area (TPSA) is 170 Å². The zero-order chi connectivity index (χ0) is 40.6. The molecule has 56 heavy (non-hydrogen) atoms. The molecule has 0 bridgehead atoms. The highest BCUT2D eigenvalue weighted by molar-refractivity contribution is 7.87. The van der Waals surface area contributed by atoms with Crippen LogP contribution < -0.4 is 9.46 Å². The Morgan fingerprint density at radius 1 is 1.14 bits per heavy atom. The Morgan fingerprint density at radius 3 is 2.59 bits per heavy atom. The number of amides is 2. The van der Waals surface area contributed by atoms with Crippen LogP contribution in [0.3, 0.4) is 0 Å². The number of hydrogen-bond acceptors (Lipinski definition) is 11. The van der Waals surface area contributed by atoms with Crippen molar-refractivity contribution in [1.82, 2.24) is 28.5 Å². The van der Waals surface area contributed by atoms with Gasteiger partial charge in [0.15, 0.2) is 5.78 Å². The number of rotatable bonds is 9. The van der Waals surface area contributed by atoms with Gasteiger partial charge < -0.3 is 14.4 Å². The van der Waals surface area contributed by atoms with E-state index in [0.29, 0.717) is 25.3 Å². The van der Waals surface area contributed by atoms with Crippen LogP contribution in [0.15, 0.2) is 41.9 Å². The molecule has 3 aliphatic rings. The number of nitrogens with one attached hydrogen (secondary N) is 1. The molecule has 1 saturated heterocycles. The maximum Gasteiger partial charge on any atom is 0.307 e. The molecule has 0 spiro atoms. The molecule has 2 fully saturated rings. The fourth-order valence-corrected chi connectivity index (χ4v) is 9.16. The Labute approximate surface area is 333 Å². The van der Waals surface area contributed by atoms with Crippen LogP contribution >= 0.6 is 11.3 Å². The predicted octanol–water partition coefficient (Wildman–Crippen LogP) is 5.85. The molecule has 5 atom stereocenters. The molecule has 1 saturated carbocycles. The van der Waals surface area contributed by atoms with E-state index in [2.05, 4.69) is 9.71 Å². The van der Waals surface area contributed by atoms with Gasteiger partial charge in [-0.15, -0.1) is 11.3 Å². The lowest BCUT2D eigenvalue weighted by Gasteiger charge is -2.29. The number of allylic oxidation sites excluding steroid dienone is 2. The molecule has 1 aromatic carbocycles. The van der Waals surface area contributed by atoms with Crippen LogP contribution in [0.25, 0.3) is 21.6 Å². The van der Waals surface area contributed by atoms with Gasteiger partial charge in [0.1, 0.15) is 22.2 Å². The van der Waals surface area contributed by atoms with Gasteiger partial charge in [-0.3, -0.25) is 23.7 Å². The fourth-order valence-electron chi connectivity index (χ4n) is 7.88. The molecule has 4 heterocycles. The van der Waals surface area contributed by atoms with Gasteiger partial charge in [0, 0.05) is 56.0 Å². The largest absolute Gasteiger partial charge is 0.460 e. The summed E-state index contributed by atoms with van der Waals surface area (Å²) in [6.07, 6.45) is 8.49. The third kappa shape index (κ3) is 9.02. The quantitative estimate of drug-likeness (QED) is 0.205. The molecule has 0 unspecified atom stereocenters. The maximum absolute atomic E-state index is 14.7. The Hall–Kier alpha value is -4.15. The van der Waals surface area contributed by atoms with E-state index in [-0.39, 0.29) is 49.5 Å². The van der Waals surface area contributed by atoms with E-state index in [1.54, 1.807) is 27.0 Å². The molecule has 14 nitrogen and oxygen atoms in total. The summed E-state index contributed by atoms with van der Waals surface area (Å²) in [6, 6.07) is 5.20. The molecule has 2 aliphatic heterocycles. The second-order valence-electron chi connectivity index (χ2n) is 16.7. The summed E-state index contributed by atoms with van der Waals surface area (Å²) in [7, 11) is -1.48. The van der Waals surface area contributed by atoms with E-state index in [9.17, 15) is 27.6 Å². The summed E-state index contributed by atoms with van der Waals surface area (Å²) in [4.78, 5) is 67.2. The first kappa shape index (κ1) is 41.5. The average molecular weight is 811 g/mol. The minimum atomic E-state index is -4.13. The van der Waals surface area contributed by atoms with Crippen molar-refractivity contribution in [2.45, 2.75) is 116 Å². The Kier molecular flexibility index (Phi) is 12.1. The summed E-state index contributed by atoms with van der Waals surface area (Å²) < 4.78 is 42.9. The number of hydrogen-bond donors (Lipinski definition) is 1. The van der Waals surface area contributed by atoms with Crippen LogP contribution in [0.1, 0.15) is 98.4 Å². The van der Waals surface area contributed by atoms with E-state index in [0.717, 1.165) is 45.2 Å². The second kappa shape index (κ2) is 16.4. The normalized spacial score (nSPS) is 25.7. The molecular weight excluding hydrogens is 757 g/mol. The molecule has 6 rings (SSSR count). The van der Waals surface area contributed by atoms with E-state index in [1.807, 2.05) is 54.1 Å². The standard InChI is InChI=1S/C40H54N6O8S2/c1-25(2)46-30-17-13-16-29(35-41-18-19-55-35)34(30)42-38(46)53-28-21-31-32(47)23-40(37(50)43-56(51,52)44(6)7)22-27(40)15-12-10-8-9-11-14-26(36(49)45(31)24-28)20-33(48)54-39(3,4)5/h12-13,15-19,25-28,31H,8-11,14,20-24H2,1-7H3,(H,43,50)/b15-12-/t26-,27-,28-,31+,40-/m1/s1. The van der Waals surface area contributed by atoms with Crippen LogP contribution in [0.2, 0.25) is 0 Å². The van der Waals surface area contributed by atoms with Gasteiger partial charge in [0.25, 0.3) is 6.01 Å². The lowest BCUT2D eigenvalue weighted by Crippen LogP contribution is -2.47. The smallest absolute Gasteiger partial charge is 0.307 e. The molecule has 2 aromatic heterocycles. The number of carbonyl (C=O) groups excluding carboxylic acids is 4. The number of para-hydroxylation sites is 1. The van der Waals surface area contributed by atoms with Crippen molar-refractivity contribution in [2.24, 2.45) is 17.3 Å². The van der Waals surface area contributed by atoms with Crippen LogP contribution in [-0.2, 0) is 34.1 Å². The number of thiazole rings is 1. The predicted molar refractivity (Wildman–Crippen MR) is 213 cm³/mol. The summed E-state index contributed by atoms with van der Waals surface area (Å²) in [5.74, 6) is -3.04. The van der Waals surface area contributed by atoms with Gasteiger partial charge in [-0.25, -0.2) is 9.71 Å². The van der Waals surface area contributed by atoms with Gasteiger partial charge in [0.2, 0.25) is 11.8 Å². The minimum absolute atomic E-state index is 0.0495. The first-order valence-corrected chi connectivity index (χ1v) is 21.8. The van der Waals surface area contributed by atoms with Crippen molar-refractivity contribution in [3.63, 3.8) is 0 Å². The SMILES string of the molecule is CC(C)n1c(O[C@@H]2C[C@H]3C(=O)C[C@]4(C(=O)NS(=O)(=O)N(C)C)C[C@H]4/C=C\CCCCC[C@H](CC(=O)OC(C)(C)C)C(=O)N3C2)nc2c(-c3nccs3)cccc21. The number of ether oxygens (including phenoxy) is 2. The highest BCUT2D eigenvalue weighted by Gasteiger charge is 2.61. The van der Waals surface area contributed by atoms with E-state index in [1.165, 1.54) is 30.3 Å². The molecule has 3 aromatic rings. The number of ketones is 1. The lowest BCUT2D eigenvalue weighted by atomic mass is 9.90. The van der Waals surface area contributed by atoms with Crippen molar-refractivity contribution in [3.05, 3.63) is 41.9 Å². The Balaban J connectivity index is 1.35. The molecule has 304 valence electrons. The molecule has 1 aliphatic carbocycles. The van der Waals surface area contributed by atoms with E-state index >= 15 is 0 Å². The van der Waals surface area contributed by atoms with Crippen molar-refractivity contribution >= 4 is 56.1 Å². The number of nitrogens with zero attached hydrogens (tertiary/aromatic N) is 5. The zero-order valence-corrected chi connectivity index (χ0v) is 35.0. The monoisotopic (exact) mass is 810 g/mol. The number of aromatic nitrogens is 3. The van der Waals surface area contributed by atoms with Crippen LogP contribution in [0, 0.1) is 17.3 Å². The fraction of sp³-hybridized carbons (Fsp3) is 0.600. The lowest BCUT2D eigenvalue weighted by molar-refractivity contribution is -0.159. The van der Waals surface area contributed by atoms with Crippen molar-refractivity contribution in [2.75, 3.05) is 20.6 Å². The average Bonchev–Trinajstić information content (AvgIpc) is 3.51. The number of carbonyl (C=O) groups is 4. The summed E-state index contributed by atoms with van der Waals surface area (Å²) >= 11 is 1.51. The number of fused-ring (bicyclic) bond motifs is 3. The van der Waals surface area contributed by atoms with Crippen LogP contribution in [0.4, 0.5) is 0 Å². The van der Waals surface area contributed by atoms with Gasteiger partial charge in [0.05, 0.1) is 29.9 Å². The Morgan fingerprint density at radius 2 is 1.91 bits per heavy atom. The second-order valence-corrected chi connectivity index (χ2v) is 19.5. The van der Waals surface area contributed by atoms with Crippen molar-refractivity contribution < 1.29 is 37.1 Å². The first-order valence-electron chi connectivity index (χ1n) is 19.4. The first-order chi connectivity index (χ1) is 26.4. The number of Topliss-reactive ketones (excluding diaryl/α,β-unsaturated/α-hetero) is 1. The zero-order valence-electron chi connectivity index (χ0n) is 33.3. The maximum atomic E-state index is 14.7. The molecule has 16 heteroatoms. The molecular formula is C40H54N6O8S2. The molecule has 0 radical (unpaired) electrons. The van der Waals surface area contributed by atoms with Crippen molar-refractivity contribution in [3.8, 4) is 16.6 Å². The van der Waals surface area contributed by atoms with Gasteiger partial charge >= 0.3 is 16.2 Å². The van der Waals surface area contributed by atoms with Crippen LogP contribution in [-0.4, -0.2) is 94.1 Å². The number of benzene rings is 1. The van der Waals surface area contributed by atoms with E-state index < -0.39 is 51.2 Å². The third-order valence-electron chi connectivity index (χ3n) is 10.8. The summed E-state index contributed by atoms with van der Waals surface area (Å²) in [5, 5.41) is 2.72. The van der Waals surface area contributed by atoms with Gasteiger partial charge in [-0.2, -0.15) is 17.7 Å². The molecule has 1 N–H and O–H groups in total. The highest BCUT2D eigenvalue weighted by atomic mass is 32.2. The summed E-state index contributed by atoms with van der Waals surface area (Å²) in [5.41, 5.74) is 0.404. The van der Waals surface area contributed by atoms with Gasteiger partial charge in [-0.1, -0.05) is 31.1 Å². The Bertz CT molecular complexity index is 2090. The van der Waals surface area contributed by atoms with Crippen LogP contribution in [0.5, 0.6) is 6.01 Å². The molecule has 2 amide bonds. The van der Waals surface area contributed by atoms with E-state index in [4.69, 9.17) is 14.5 Å². The third-order valence-corrected chi connectivity index (χ3v) is 13.0. The number of esters is 1. The van der Waals surface area contributed by atoms with Crippen molar-refractivity contribution in [1.29, 1.82) is 0 Å². The van der Waals surface area contributed by atoms with Gasteiger partial charge in [-0.05, 0) is 78.4 Å². The minimum Gasteiger partial charge on any atom is -0.460 e.